The monoisotopic (exact) mass is 511 g/mol. The second-order valence-electron chi connectivity index (χ2n) is 9.13. The largest absolute Gasteiger partial charge is 0.376 e. The van der Waals surface area contributed by atoms with Crippen LogP contribution < -0.4 is 16.2 Å². The molecule has 0 saturated carbocycles. The number of ether oxygens (including phenoxy) is 1. The fourth-order valence-electron chi connectivity index (χ4n) is 4.89. The van der Waals surface area contributed by atoms with Crippen LogP contribution in [0.2, 0.25) is 5.02 Å². The van der Waals surface area contributed by atoms with E-state index in [2.05, 4.69) is 26.8 Å². The Morgan fingerprint density at radius 1 is 1.29 bits per heavy atom. The number of aryl methyl sites for hydroxylation is 1. The summed E-state index contributed by atoms with van der Waals surface area (Å²) in [5.41, 5.74) is 6.75. The summed E-state index contributed by atoms with van der Waals surface area (Å²) in [6, 6.07) is 5.71. The highest BCUT2D eigenvalue weighted by atomic mass is 35.5. The Morgan fingerprint density at radius 2 is 2.09 bits per heavy atom. The van der Waals surface area contributed by atoms with Crippen molar-refractivity contribution < 1.29 is 4.74 Å². The molecule has 2 saturated heterocycles. The zero-order chi connectivity index (χ0) is 24.6. The lowest BCUT2D eigenvalue weighted by atomic mass is 9.73. The number of rotatable bonds is 5. The van der Waals surface area contributed by atoms with Crippen LogP contribution >= 0.6 is 23.4 Å². The van der Waals surface area contributed by atoms with Crippen LogP contribution in [0.1, 0.15) is 26.2 Å². The van der Waals surface area contributed by atoms with Crippen molar-refractivity contribution in [2.45, 2.75) is 54.8 Å². The van der Waals surface area contributed by atoms with E-state index in [4.69, 9.17) is 27.3 Å². The molecule has 2 atom stereocenters. The van der Waals surface area contributed by atoms with E-state index >= 15 is 0 Å². The van der Waals surface area contributed by atoms with Crippen LogP contribution in [-0.4, -0.2) is 51.4 Å². The highest BCUT2D eigenvalue weighted by molar-refractivity contribution is 7.99. The van der Waals surface area contributed by atoms with E-state index in [9.17, 15) is 4.79 Å². The Kier molecular flexibility index (Phi) is 6.68. The molecular weight excluding hydrogens is 486 g/mol. The van der Waals surface area contributed by atoms with Gasteiger partial charge in [0.2, 0.25) is 0 Å². The Balaban J connectivity index is 1.30. The number of halogens is 1. The fraction of sp³-hybridized carbons (Fsp3) is 0.458. The standard InChI is InChI=1S/C24H26ClN7O2S/c1-15-22(27)24(13-34-15)5-9-31(10-6-24)18-11-29-19(12-28-18)35-17-4-3-16-20(21(17)25)23(33)32(14-30-16)8-2-7-26/h3-4,11-12,14-15,22H,2,5-6,8-10,13,27H2,1H3/t15-,22+/m0/s1. The number of nitrogens with two attached hydrogens (primary N) is 1. The van der Waals surface area contributed by atoms with Crippen LogP contribution in [0.25, 0.3) is 10.9 Å². The van der Waals surface area contributed by atoms with Crippen molar-refractivity contribution in [1.29, 1.82) is 5.26 Å². The van der Waals surface area contributed by atoms with E-state index in [1.54, 1.807) is 18.5 Å². The lowest BCUT2D eigenvalue weighted by Gasteiger charge is -2.41. The molecule has 9 nitrogen and oxygen atoms in total. The van der Waals surface area contributed by atoms with Crippen molar-refractivity contribution in [3.8, 4) is 6.07 Å². The van der Waals surface area contributed by atoms with E-state index in [1.165, 1.54) is 22.7 Å². The Labute approximate surface area is 212 Å². The molecule has 1 spiro atoms. The predicted molar refractivity (Wildman–Crippen MR) is 135 cm³/mol. The van der Waals surface area contributed by atoms with Gasteiger partial charge < -0.3 is 15.4 Å². The van der Waals surface area contributed by atoms with Gasteiger partial charge in [0.15, 0.2) is 0 Å². The third-order valence-corrected chi connectivity index (χ3v) is 8.60. The summed E-state index contributed by atoms with van der Waals surface area (Å²) in [5.74, 6) is 0.832. The lowest BCUT2D eigenvalue weighted by Crippen LogP contribution is -2.50. The highest BCUT2D eigenvalue weighted by Gasteiger charge is 2.47. The van der Waals surface area contributed by atoms with Gasteiger partial charge in [-0.2, -0.15) is 5.26 Å². The highest BCUT2D eigenvalue weighted by Crippen LogP contribution is 2.42. The minimum atomic E-state index is -0.260. The average Bonchev–Trinajstić information content (AvgIpc) is 3.14. The summed E-state index contributed by atoms with van der Waals surface area (Å²) in [6.07, 6.45) is 7.23. The first-order valence-electron chi connectivity index (χ1n) is 11.6. The van der Waals surface area contributed by atoms with Gasteiger partial charge in [0.05, 0.1) is 59.8 Å². The molecule has 182 valence electrons. The molecule has 4 heterocycles. The molecule has 2 fully saturated rings. The number of hydrogen-bond acceptors (Lipinski definition) is 9. The lowest BCUT2D eigenvalue weighted by molar-refractivity contribution is 0.0974. The third-order valence-electron chi connectivity index (χ3n) is 7.12. The SMILES string of the molecule is C[C@@H]1OCC2(CCN(c3cnc(Sc4ccc5ncn(CCC#N)c(=O)c5c4Cl)cn3)CC2)[C@@H]1N. The maximum atomic E-state index is 12.9. The minimum Gasteiger partial charge on any atom is -0.376 e. The van der Waals surface area contributed by atoms with Gasteiger partial charge in [0.25, 0.3) is 5.56 Å². The zero-order valence-corrected chi connectivity index (χ0v) is 20.9. The van der Waals surface area contributed by atoms with Gasteiger partial charge in [-0.1, -0.05) is 23.4 Å². The molecule has 2 aliphatic heterocycles. The van der Waals surface area contributed by atoms with Gasteiger partial charge in [0, 0.05) is 36.0 Å². The Hall–Kier alpha value is -2.71. The molecule has 0 radical (unpaired) electrons. The molecule has 0 aliphatic carbocycles. The number of hydrogen-bond donors (Lipinski definition) is 1. The van der Waals surface area contributed by atoms with Crippen LogP contribution in [-0.2, 0) is 11.3 Å². The molecule has 2 aromatic heterocycles. The van der Waals surface area contributed by atoms with Crippen molar-refractivity contribution in [3.63, 3.8) is 0 Å². The molecule has 2 aliphatic rings. The van der Waals surface area contributed by atoms with Gasteiger partial charge in [-0.25, -0.2) is 15.0 Å². The molecule has 1 aromatic carbocycles. The van der Waals surface area contributed by atoms with Crippen LogP contribution in [0, 0.1) is 16.7 Å². The quantitative estimate of drug-likeness (QED) is 0.549. The average molecular weight is 512 g/mol. The predicted octanol–water partition coefficient (Wildman–Crippen LogP) is 3.24. The number of fused-ring (bicyclic) bond motifs is 1. The van der Waals surface area contributed by atoms with Crippen molar-refractivity contribution in [2.24, 2.45) is 11.1 Å². The third kappa shape index (κ3) is 4.49. The molecule has 35 heavy (non-hydrogen) atoms. The van der Waals surface area contributed by atoms with E-state index in [1.807, 2.05) is 12.1 Å². The number of nitriles is 1. The van der Waals surface area contributed by atoms with E-state index in [-0.39, 0.29) is 36.1 Å². The van der Waals surface area contributed by atoms with E-state index < -0.39 is 0 Å². The summed E-state index contributed by atoms with van der Waals surface area (Å²) in [7, 11) is 0. The van der Waals surface area contributed by atoms with Gasteiger partial charge in [-0.15, -0.1) is 0 Å². The number of anilines is 1. The summed E-state index contributed by atoms with van der Waals surface area (Å²) in [5, 5.41) is 10.2. The zero-order valence-electron chi connectivity index (χ0n) is 19.4. The van der Waals surface area contributed by atoms with Gasteiger partial charge in [-0.05, 0) is 31.9 Å². The first kappa shape index (κ1) is 24.0. The number of nitrogens with zero attached hydrogens (tertiary/aromatic N) is 6. The van der Waals surface area contributed by atoms with Crippen LogP contribution in [0.4, 0.5) is 5.82 Å². The van der Waals surface area contributed by atoms with Gasteiger partial charge in [0.1, 0.15) is 10.8 Å². The summed E-state index contributed by atoms with van der Waals surface area (Å²) in [4.78, 5) is 29.3. The first-order chi connectivity index (χ1) is 16.9. The first-order valence-corrected chi connectivity index (χ1v) is 12.8. The number of benzene rings is 1. The number of piperidine rings is 1. The molecule has 2 N–H and O–H groups in total. The molecule has 0 bridgehead atoms. The van der Waals surface area contributed by atoms with Crippen molar-refractivity contribution in [2.75, 3.05) is 24.6 Å². The smallest absolute Gasteiger partial charge is 0.262 e. The maximum Gasteiger partial charge on any atom is 0.262 e. The molecule has 0 amide bonds. The normalized spacial score (nSPS) is 21.5. The molecule has 5 rings (SSSR count). The second-order valence-corrected chi connectivity index (χ2v) is 10.6. The molecule has 3 aromatic rings. The summed E-state index contributed by atoms with van der Waals surface area (Å²) < 4.78 is 7.23. The van der Waals surface area contributed by atoms with E-state index in [0.29, 0.717) is 25.8 Å². The molecule has 0 unspecified atom stereocenters. The Morgan fingerprint density at radius 3 is 2.74 bits per heavy atom. The van der Waals surface area contributed by atoms with E-state index in [0.717, 1.165) is 38.4 Å². The fourth-order valence-corrected chi connectivity index (χ4v) is 6.01. The number of aromatic nitrogens is 4. The van der Waals surface area contributed by atoms with Crippen molar-refractivity contribution >= 4 is 40.1 Å². The maximum absolute atomic E-state index is 12.9. The summed E-state index contributed by atoms with van der Waals surface area (Å²) >= 11 is 7.97. The Bertz CT molecular complexity index is 1330. The van der Waals surface area contributed by atoms with Crippen molar-refractivity contribution in [1.82, 2.24) is 19.5 Å². The second kappa shape index (κ2) is 9.74. The molecular formula is C24H26ClN7O2S. The van der Waals surface area contributed by atoms with Crippen LogP contribution in [0.3, 0.4) is 0 Å². The van der Waals surface area contributed by atoms with Crippen molar-refractivity contribution in [3.05, 3.63) is 46.2 Å². The van der Waals surface area contributed by atoms with Crippen LogP contribution in [0.15, 0.2) is 45.6 Å². The topological polar surface area (TPSA) is 123 Å². The van der Waals surface area contributed by atoms with Crippen LogP contribution in [0.5, 0.6) is 0 Å². The van der Waals surface area contributed by atoms with Gasteiger partial charge >= 0.3 is 0 Å². The molecule has 11 heteroatoms. The minimum absolute atomic E-state index is 0.0635. The summed E-state index contributed by atoms with van der Waals surface area (Å²) in [6.45, 7) is 4.79. The van der Waals surface area contributed by atoms with Gasteiger partial charge in [-0.3, -0.25) is 9.36 Å².